The number of hydrogen-bond acceptors (Lipinski definition) is 4. The second-order valence-electron chi connectivity index (χ2n) is 13.1. The third kappa shape index (κ3) is 5.52. The molecule has 3 aliphatic carbocycles. The average molecular weight is 591 g/mol. The van der Waals surface area contributed by atoms with Crippen molar-refractivity contribution in [1.82, 2.24) is 0 Å². The van der Waals surface area contributed by atoms with Crippen molar-refractivity contribution in [3.63, 3.8) is 0 Å². The van der Waals surface area contributed by atoms with Crippen LogP contribution in [0.3, 0.4) is 0 Å². The first-order valence-corrected chi connectivity index (χ1v) is 16.2. The molecule has 44 heavy (non-hydrogen) atoms. The van der Waals surface area contributed by atoms with Gasteiger partial charge in [0.2, 0.25) is 0 Å². The molecule has 226 valence electrons. The summed E-state index contributed by atoms with van der Waals surface area (Å²) in [7, 11) is 0. The number of benzene rings is 4. The van der Waals surface area contributed by atoms with Gasteiger partial charge in [0.25, 0.3) is 0 Å². The normalized spacial score (nSPS) is 26.8. The van der Waals surface area contributed by atoms with Gasteiger partial charge >= 0.3 is 0 Å². The van der Waals surface area contributed by atoms with Crippen LogP contribution in [-0.4, -0.2) is 25.1 Å². The molecule has 3 fully saturated rings. The fraction of sp³-hybridized carbons (Fsp3) is 0.385. The Morgan fingerprint density at radius 2 is 1.43 bits per heavy atom. The van der Waals surface area contributed by atoms with Gasteiger partial charge in [0, 0.05) is 18.8 Å². The monoisotopic (exact) mass is 590 g/mol. The summed E-state index contributed by atoms with van der Waals surface area (Å²) in [6, 6.07) is 32.7. The van der Waals surface area contributed by atoms with E-state index in [4.69, 9.17) is 18.9 Å². The van der Waals surface area contributed by atoms with Crippen LogP contribution in [0, 0.1) is 17.7 Å². The molecule has 0 amide bonds. The van der Waals surface area contributed by atoms with Gasteiger partial charge in [-0.1, -0.05) is 60.7 Å². The third-order valence-electron chi connectivity index (χ3n) is 10.4. The molecule has 0 radical (unpaired) electrons. The molecule has 1 spiro atoms. The summed E-state index contributed by atoms with van der Waals surface area (Å²) in [5.74, 6) is 2.98. The molecule has 0 aromatic heterocycles. The van der Waals surface area contributed by atoms with E-state index in [0.717, 1.165) is 68.8 Å². The highest BCUT2D eigenvalue weighted by atomic mass is 19.1. The molecule has 1 heterocycles. The quantitative estimate of drug-likeness (QED) is 0.216. The molecule has 4 aromatic carbocycles. The standard InChI is InChI=1S/C39H39FO4/c40-32-11-6-27(7-12-32)36-16-10-29-20-34(41-25-26-4-2-1-3-5-26)15-17-37(29)38(36)28-8-13-33(14-9-28)44-35-21-30-23-39(24-31(30)22-35)42-18-19-43-39/h1-9,11-15,17,20,30-31,35-36,38H,10,16,18-19,21-25H2/t30?,31?,35?,36-,38+/m1/s1. The van der Waals surface area contributed by atoms with E-state index >= 15 is 0 Å². The number of fused-ring (bicyclic) bond motifs is 2. The van der Waals surface area contributed by atoms with E-state index in [0.29, 0.717) is 18.4 Å². The first-order chi connectivity index (χ1) is 21.6. The molecule has 2 unspecified atom stereocenters. The lowest BCUT2D eigenvalue weighted by Gasteiger charge is -2.35. The lowest BCUT2D eigenvalue weighted by Crippen LogP contribution is -2.28. The average Bonchev–Trinajstić information content (AvgIpc) is 3.76. The highest BCUT2D eigenvalue weighted by molar-refractivity contribution is 5.48. The zero-order valence-corrected chi connectivity index (χ0v) is 25.0. The topological polar surface area (TPSA) is 36.9 Å². The number of halogens is 1. The highest BCUT2D eigenvalue weighted by Crippen LogP contribution is 2.53. The smallest absolute Gasteiger partial charge is 0.169 e. The Hall–Kier alpha value is -3.67. The fourth-order valence-corrected chi connectivity index (χ4v) is 8.42. The predicted octanol–water partition coefficient (Wildman–Crippen LogP) is 8.58. The molecule has 1 aliphatic heterocycles. The second kappa shape index (κ2) is 11.7. The number of aryl methyl sites for hydroxylation is 1. The zero-order valence-electron chi connectivity index (χ0n) is 25.0. The molecule has 4 aliphatic rings. The van der Waals surface area contributed by atoms with Gasteiger partial charge in [0.15, 0.2) is 5.79 Å². The van der Waals surface area contributed by atoms with Crippen molar-refractivity contribution in [2.75, 3.05) is 13.2 Å². The molecule has 4 nitrogen and oxygen atoms in total. The van der Waals surface area contributed by atoms with Crippen molar-refractivity contribution in [3.05, 3.63) is 131 Å². The van der Waals surface area contributed by atoms with E-state index in [1.54, 1.807) is 12.1 Å². The summed E-state index contributed by atoms with van der Waals surface area (Å²) in [5.41, 5.74) is 6.23. The maximum atomic E-state index is 13.9. The SMILES string of the molecule is Fc1ccc([C@H]2CCc3cc(OCc4ccccc4)ccc3[C@H]2c2ccc(OC3CC4CC5(CC4C3)OCCO5)cc2)cc1. The van der Waals surface area contributed by atoms with Gasteiger partial charge in [-0.2, -0.15) is 0 Å². The van der Waals surface area contributed by atoms with E-state index in [-0.39, 0.29) is 29.5 Å². The Labute approximate surface area is 259 Å². The van der Waals surface area contributed by atoms with Crippen LogP contribution in [-0.2, 0) is 22.5 Å². The fourth-order valence-electron chi connectivity index (χ4n) is 8.42. The van der Waals surface area contributed by atoms with Crippen LogP contribution < -0.4 is 9.47 Å². The van der Waals surface area contributed by atoms with Crippen LogP contribution in [0.1, 0.15) is 71.8 Å². The van der Waals surface area contributed by atoms with Gasteiger partial charge in [0.1, 0.15) is 23.9 Å². The van der Waals surface area contributed by atoms with Crippen LogP contribution in [0.4, 0.5) is 4.39 Å². The molecule has 4 aromatic rings. The van der Waals surface area contributed by atoms with Gasteiger partial charge in [-0.3, -0.25) is 0 Å². The van der Waals surface area contributed by atoms with E-state index in [9.17, 15) is 4.39 Å². The van der Waals surface area contributed by atoms with Gasteiger partial charge in [-0.05, 0) is 108 Å². The largest absolute Gasteiger partial charge is 0.490 e. The molecule has 5 heteroatoms. The van der Waals surface area contributed by atoms with Gasteiger partial charge in [0.05, 0.1) is 19.3 Å². The molecule has 2 saturated carbocycles. The van der Waals surface area contributed by atoms with Gasteiger partial charge in [-0.15, -0.1) is 0 Å². The first kappa shape index (κ1) is 27.8. The number of hydrogen-bond donors (Lipinski definition) is 0. The molecule has 4 atom stereocenters. The lowest BCUT2D eigenvalue weighted by atomic mass is 9.69. The molecule has 0 bridgehead atoms. The Bertz CT molecular complexity index is 1560. The summed E-state index contributed by atoms with van der Waals surface area (Å²) >= 11 is 0. The summed E-state index contributed by atoms with van der Waals surface area (Å²) in [5, 5.41) is 0. The maximum Gasteiger partial charge on any atom is 0.169 e. The third-order valence-corrected chi connectivity index (χ3v) is 10.4. The van der Waals surface area contributed by atoms with E-state index in [1.165, 1.54) is 22.3 Å². The summed E-state index contributed by atoms with van der Waals surface area (Å²) < 4.78 is 38.6. The summed E-state index contributed by atoms with van der Waals surface area (Å²) in [4.78, 5) is 0. The van der Waals surface area contributed by atoms with Gasteiger partial charge in [-0.25, -0.2) is 4.39 Å². The summed E-state index contributed by atoms with van der Waals surface area (Å²) in [6.07, 6.45) is 6.33. The van der Waals surface area contributed by atoms with E-state index < -0.39 is 0 Å². The molecule has 0 N–H and O–H groups in total. The lowest BCUT2D eigenvalue weighted by molar-refractivity contribution is -0.156. The van der Waals surface area contributed by atoms with Crippen LogP contribution in [0.2, 0.25) is 0 Å². The predicted molar refractivity (Wildman–Crippen MR) is 167 cm³/mol. The zero-order chi connectivity index (χ0) is 29.5. The molecule has 1 saturated heterocycles. The van der Waals surface area contributed by atoms with Crippen LogP contribution in [0.15, 0.2) is 97.1 Å². The van der Waals surface area contributed by atoms with Crippen LogP contribution >= 0.6 is 0 Å². The molecular weight excluding hydrogens is 551 g/mol. The van der Waals surface area contributed by atoms with Gasteiger partial charge < -0.3 is 18.9 Å². The van der Waals surface area contributed by atoms with Crippen LogP contribution in [0.25, 0.3) is 0 Å². The Morgan fingerprint density at radius 3 is 2.16 bits per heavy atom. The maximum absolute atomic E-state index is 13.9. The minimum Gasteiger partial charge on any atom is -0.490 e. The minimum atomic E-state index is -0.311. The Balaban J connectivity index is 1.01. The number of rotatable bonds is 7. The molecule has 8 rings (SSSR count). The Morgan fingerprint density at radius 1 is 0.750 bits per heavy atom. The first-order valence-electron chi connectivity index (χ1n) is 16.2. The van der Waals surface area contributed by atoms with Crippen molar-refractivity contribution in [3.8, 4) is 11.5 Å². The second-order valence-corrected chi connectivity index (χ2v) is 13.1. The number of ether oxygens (including phenoxy) is 4. The highest BCUT2D eigenvalue weighted by Gasteiger charge is 2.53. The minimum absolute atomic E-state index is 0.162. The van der Waals surface area contributed by atoms with Crippen molar-refractivity contribution < 1.29 is 23.3 Å². The van der Waals surface area contributed by atoms with Crippen molar-refractivity contribution in [2.45, 2.75) is 68.9 Å². The van der Waals surface area contributed by atoms with Crippen LogP contribution in [0.5, 0.6) is 11.5 Å². The van der Waals surface area contributed by atoms with Crippen molar-refractivity contribution in [2.24, 2.45) is 11.8 Å². The van der Waals surface area contributed by atoms with E-state index in [2.05, 4.69) is 54.6 Å². The Kier molecular flexibility index (Phi) is 7.39. The van der Waals surface area contributed by atoms with E-state index in [1.807, 2.05) is 30.3 Å². The van der Waals surface area contributed by atoms with Crippen molar-refractivity contribution in [1.29, 1.82) is 0 Å². The summed E-state index contributed by atoms with van der Waals surface area (Å²) in [6.45, 7) is 2.00. The van der Waals surface area contributed by atoms with Crippen molar-refractivity contribution >= 4 is 0 Å². The molecular formula is C39H39FO4.